The minimum Gasteiger partial charge on any atom is -0.332 e. The average Bonchev–Trinajstić information content (AvgIpc) is 2.70. The van der Waals surface area contributed by atoms with Gasteiger partial charge in [0.2, 0.25) is 0 Å². The number of hydrogen-bond acceptors (Lipinski definition) is 3. The lowest BCUT2D eigenvalue weighted by Crippen LogP contribution is -2.35. The van der Waals surface area contributed by atoms with Gasteiger partial charge in [-0.15, -0.1) is 0 Å². The fourth-order valence-corrected chi connectivity index (χ4v) is 1.97. The summed E-state index contributed by atoms with van der Waals surface area (Å²) in [6.07, 6.45) is 0. The highest BCUT2D eigenvalue weighted by molar-refractivity contribution is 5.95. The van der Waals surface area contributed by atoms with Crippen LogP contribution in [0.15, 0.2) is 24.3 Å². The second-order valence-electron chi connectivity index (χ2n) is 3.94. The van der Waals surface area contributed by atoms with Crippen molar-refractivity contribution >= 4 is 11.7 Å². The average molecular weight is 230 g/mol. The molecule has 5 heteroatoms. The molecule has 0 radical (unpaired) electrons. The zero-order valence-corrected chi connectivity index (χ0v) is 9.60. The molecule has 1 fully saturated rings. The summed E-state index contributed by atoms with van der Waals surface area (Å²) >= 11 is 0. The summed E-state index contributed by atoms with van der Waals surface area (Å²) in [5, 5.41) is 14.9. The fraction of sp³-hybridized carbons (Fsp3) is 0.333. The molecule has 2 rings (SSSR count). The van der Waals surface area contributed by atoms with Crippen LogP contribution in [0.5, 0.6) is 0 Å². The molecule has 1 aromatic carbocycles. The van der Waals surface area contributed by atoms with Crippen molar-refractivity contribution in [3.63, 3.8) is 0 Å². The number of nitriles is 1. The number of amides is 2. The zero-order valence-electron chi connectivity index (χ0n) is 9.60. The van der Waals surface area contributed by atoms with Crippen LogP contribution in [0, 0.1) is 11.3 Å². The van der Waals surface area contributed by atoms with Gasteiger partial charge in [-0.2, -0.15) is 5.26 Å². The number of benzene rings is 1. The van der Waals surface area contributed by atoms with Gasteiger partial charge in [0.05, 0.1) is 17.3 Å². The van der Waals surface area contributed by atoms with Gasteiger partial charge in [-0.25, -0.2) is 4.79 Å². The Morgan fingerprint density at radius 3 is 3.06 bits per heavy atom. The molecule has 0 aliphatic carbocycles. The number of likely N-dealkylation sites (N-methyl/N-ethyl adjacent to an activating group) is 1. The third kappa shape index (κ3) is 2.22. The van der Waals surface area contributed by atoms with Gasteiger partial charge in [-0.1, -0.05) is 12.1 Å². The first kappa shape index (κ1) is 11.4. The number of nitrogens with zero attached hydrogens (tertiary/aromatic N) is 2. The van der Waals surface area contributed by atoms with Crippen LogP contribution in [-0.2, 0) is 0 Å². The van der Waals surface area contributed by atoms with Crippen LogP contribution in [0.1, 0.15) is 5.56 Å². The molecule has 0 bridgehead atoms. The minimum atomic E-state index is -0.145. The summed E-state index contributed by atoms with van der Waals surface area (Å²) < 4.78 is 0. The predicted octanol–water partition coefficient (Wildman–Crippen LogP) is 0.676. The summed E-state index contributed by atoms with van der Waals surface area (Å²) in [5.41, 5.74) is 1.19. The topological polar surface area (TPSA) is 68.2 Å². The fourth-order valence-electron chi connectivity index (χ4n) is 1.97. The molecule has 1 aromatic rings. The lowest BCUT2D eigenvalue weighted by molar-refractivity contribution is 0.251. The molecule has 5 nitrogen and oxygen atoms in total. The van der Waals surface area contributed by atoms with Gasteiger partial charge in [0, 0.05) is 13.1 Å². The van der Waals surface area contributed by atoms with Crippen molar-refractivity contribution in [2.45, 2.75) is 6.04 Å². The Labute approximate surface area is 100 Å². The molecule has 2 N–H and O–H groups in total. The van der Waals surface area contributed by atoms with E-state index in [4.69, 9.17) is 5.26 Å². The van der Waals surface area contributed by atoms with Crippen molar-refractivity contribution in [3.8, 4) is 6.07 Å². The van der Waals surface area contributed by atoms with E-state index in [-0.39, 0.29) is 12.1 Å². The first-order chi connectivity index (χ1) is 8.26. The maximum absolute atomic E-state index is 11.8. The van der Waals surface area contributed by atoms with Crippen LogP contribution >= 0.6 is 0 Å². The molecular weight excluding hydrogens is 216 g/mol. The molecule has 1 aliphatic rings. The van der Waals surface area contributed by atoms with Crippen molar-refractivity contribution in [2.24, 2.45) is 0 Å². The number of anilines is 1. The van der Waals surface area contributed by atoms with Crippen LogP contribution in [0.4, 0.5) is 10.5 Å². The van der Waals surface area contributed by atoms with Crippen molar-refractivity contribution in [1.29, 1.82) is 5.26 Å². The first-order valence-corrected chi connectivity index (χ1v) is 5.48. The Morgan fingerprint density at radius 2 is 2.35 bits per heavy atom. The second kappa shape index (κ2) is 4.85. The van der Waals surface area contributed by atoms with Crippen LogP contribution in [0.3, 0.4) is 0 Å². The van der Waals surface area contributed by atoms with Gasteiger partial charge in [0.1, 0.15) is 6.07 Å². The molecule has 88 valence electrons. The van der Waals surface area contributed by atoms with Gasteiger partial charge >= 0.3 is 6.03 Å². The van der Waals surface area contributed by atoms with Gasteiger partial charge in [-0.3, -0.25) is 4.90 Å². The SMILES string of the molecule is CNCC1CN(c2ccccc2C#N)C(=O)N1. The predicted molar refractivity (Wildman–Crippen MR) is 64.7 cm³/mol. The largest absolute Gasteiger partial charge is 0.332 e. The van der Waals surface area contributed by atoms with E-state index in [2.05, 4.69) is 16.7 Å². The Balaban J connectivity index is 2.23. The number of para-hydroxylation sites is 1. The highest BCUT2D eigenvalue weighted by atomic mass is 16.2. The van der Waals surface area contributed by atoms with Crippen molar-refractivity contribution < 1.29 is 4.79 Å². The lowest BCUT2D eigenvalue weighted by Gasteiger charge is -2.15. The summed E-state index contributed by atoms with van der Waals surface area (Å²) in [5.74, 6) is 0. The number of hydrogen-bond donors (Lipinski definition) is 2. The van der Waals surface area contributed by atoms with E-state index >= 15 is 0 Å². The molecular formula is C12H14N4O. The number of carbonyl (C=O) groups excluding carboxylic acids is 1. The van der Waals surface area contributed by atoms with Crippen molar-refractivity contribution in [2.75, 3.05) is 25.0 Å². The minimum absolute atomic E-state index is 0.0826. The van der Waals surface area contributed by atoms with E-state index in [1.165, 1.54) is 0 Å². The number of urea groups is 1. The molecule has 0 aromatic heterocycles. The van der Waals surface area contributed by atoms with Crippen molar-refractivity contribution in [1.82, 2.24) is 10.6 Å². The molecule has 1 saturated heterocycles. The van der Waals surface area contributed by atoms with E-state index in [9.17, 15) is 4.79 Å². The molecule has 1 unspecified atom stereocenters. The molecule has 0 saturated carbocycles. The van der Waals surface area contributed by atoms with Gasteiger partial charge in [-0.05, 0) is 19.2 Å². The standard InChI is InChI=1S/C12H14N4O/c1-14-7-10-8-16(12(17)15-10)11-5-3-2-4-9(11)6-13/h2-5,10,14H,7-8H2,1H3,(H,15,17). The lowest BCUT2D eigenvalue weighted by atomic mass is 10.2. The molecule has 1 heterocycles. The van der Waals surface area contributed by atoms with Crippen LogP contribution in [0.2, 0.25) is 0 Å². The molecule has 0 spiro atoms. The van der Waals surface area contributed by atoms with Crippen LogP contribution in [0.25, 0.3) is 0 Å². The van der Waals surface area contributed by atoms with E-state index < -0.39 is 0 Å². The number of carbonyl (C=O) groups is 1. The Morgan fingerprint density at radius 1 is 1.59 bits per heavy atom. The molecule has 1 aliphatic heterocycles. The van der Waals surface area contributed by atoms with E-state index in [1.54, 1.807) is 23.1 Å². The van der Waals surface area contributed by atoms with Gasteiger partial charge in [0.15, 0.2) is 0 Å². The Bertz CT molecular complexity index is 466. The Kier molecular flexibility index (Phi) is 3.26. The highest BCUT2D eigenvalue weighted by Crippen LogP contribution is 2.22. The maximum Gasteiger partial charge on any atom is 0.322 e. The summed E-state index contributed by atoms with van der Waals surface area (Å²) in [6, 6.07) is 9.17. The normalized spacial score (nSPS) is 18.9. The maximum atomic E-state index is 11.8. The number of nitrogens with one attached hydrogen (secondary N) is 2. The van der Waals surface area contributed by atoms with E-state index in [1.807, 2.05) is 13.1 Å². The second-order valence-corrected chi connectivity index (χ2v) is 3.94. The quantitative estimate of drug-likeness (QED) is 0.802. The summed E-state index contributed by atoms with van der Waals surface area (Å²) in [7, 11) is 1.85. The van der Waals surface area contributed by atoms with Crippen molar-refractivity contribution in [3.05, 3.63) is 29.8 Å². The van der Waals surface area contributed by atoms with Gasteiger partial charge in [0.25, 0.3) is 0 Å². The van der Waals surface area contributed by atoms with Crippen LogP contribution in [-0.4, -0.2) is 32.2 Å². The molecule has 1 atom stereocenters. The monoisotopic (exact) mass is 230 g/mol. The third-order valence-corrected chi connectivity index (χ3v) is 2.74. The van der Waals surface area contributed by atoms with E-state index in [0.29, 0.717) is 17.8 Å². The summed E-state index contributed by atoms with van der Waals surface area (Å²) in [4.78, 5) is 13.4. The molecule has 2 amide bonds. The first-order valence-electron chi connectivity index (χ1n) is 5.48. The van der Waals surface area contributed by atoms with Crippen LogP contribution < -0.4 is 15.5 Å². The summed E-state index contributed by atoms with van der Waals surface area (Å²) in [6.45, 7) is 1.30. The van der Waals surface area contributed by atoms with Gasteiger partial charge < -0.3 is 10.6 Å². The number of rotatable bonds is 3. The smallest absolute Gasteiger partial charge is 0.322 e. The molecule has 17 heavy (non-hydrogen) atoms. The third-order valence-electron chi connectivity index (χ3n) is 2.74. The highest BCUT2D eigenvalue weighted by Gasteiger charge is 2.30. The zero-order chi connectivity index (χ0) is 12.3. The van der Waals surface area contributed by atoms with E-state index in [0.717, 1.165) is 6.54 Å². The Hall–Kier alpha value is -2.06.